The molecule has 2 N–H and O–H groups in total. The van der Waals surface area contributed by atoms with Crippen LogP contribution in [0.5, 0.6) is 0 Å². The third-order valence-electron chi connectivity index (χ3n) is 3.09. The molecule has 0 saturated carbocycles. The van der Waals surface area contributed by atoms with Crippen molar-refractivity contribution in [1.29, 1.82) is 0 Å². The number of halogens is 1. The fourth-order valence-electron chi connectivity index (χ4n) is 1.98. The van der Waals surface area contributed by atoms with Gasteiger partial charge in [-0.1, -0.05) is 30.3 Å². The van der Waals surface area contributed by atoms with Gasteiger partial charge in [-0.3, -0.25) is 14.9 Å². The molecular weight excluding hydrogens is 275 g/mol. The third kappa shape index (κ3) is 3.49. The third-order valence-corrected chi connectivity index (χ3v) is 3.09. The Kier molecular flexibility index (Phi) is 4.39. The maximum Gasteiger partial charge on any atom is 0.269 e. The van der Waals surface area contributed by atoms with Crippen LogP contribution in [0.1, 0.15) is 28.4 Å². The molecule has 2 aromatic rings. The molecular formula is C15H13FN2O3. The minimum atomic E-state index is -0.933. The van der Waals surface area contributed by atoms with E-state index in [0.29, 0.717) is 5.56 Å². The number of non-ortho nitro benzene ring substituents is 1. The smallest absolute Gasteiger partial charge is 0.269 e. The maximum atomic E-state index is 13.7. The van der Waals surface area contributed by atoms with Crippen LogP contribution in [0, 0.1) is 15.9 Å². The number of Topliss-reactive ketones (excluding diaryl/α,β-unsaturated/α-hetero) is 1. The Morgan fingerprint density at radius 1 is 1.24 bits per heavy atom. The van der Waals surface area contributed by atoms with Crippen molar-refractivity contribution in [1.82, 2.24) is 0 Å². The van der Waals surface area contributed by atoms with Gasteiger partial charge in [0.1, 0.15) is 5.82 Å². The van der Waals surface area contributed by atoms with Crippen molar-refractivity contribution in [2.45, 2.75) is 12.5 Å². The average Bonchev–Trinajstić information content (AvgIpc) is 2.48. The number of rotatable bonds is 5. The molecule has 0 amide bonds. The lowest BCUT2D eigenvalue weighted by atomic mass is 9.98. The van der Waals surface area contributed by atoms with Crippen LogP contribution in [0.2, 0.25) is 0 Å². The lowest BCUT2D eigenvalue weighted by Gasteiger charge is -2.12. The second kappa shape index (κ2) is 6.23. The zero-order valence-electron chi connectivity index (χ0n) is 11.0. The van der Waals surface area contributed by atoms with Gasteiger partial charge in [0.15, 0.2) is 5.78 Å². The van der Waals surface area contributed by atoms with E-state index in [2.05, 4.69) is 0 Å². The van der Waals surface area contributed by atoms with Crippen LogP contribution in [0.4, 0.5) is 10.1 Å². The number of hydrogen-bond acceptors (Lipinski definition) is 4. The number of nitro benzene ring substituents is 1. The normalized spacial score (nSPS) is 11.9. The molecule has 0 fully saturated rings. The topological polar surface area (TPSA) is 86.2 Å². The summed E-state index contributed by atoms with van der Waals surface area (Å²) in [5.41, 5.74) is 6.00. The number of carbonyl (C=O) groups excluding carboxylic acids is 1. The van der Waals surface area contributed by atoms with Crippen LogP contribution in [0.3, 0.4) is 0 Å². The van der Waals surface area contributed by atoms with Gasteiger partial charge in [-0.05, 0) is 6.07 Å². The summed E-state index contributed by atoms with van der Waals surface area (Å²) in [4.78, 5) is 22.1. The van der Waals surface area contributed by atoms with Crippen molar-refractivity contribution in [3.63, 3.8) is 0 Å². The first-order valence-corrected chi connectivity index (χ1v) is 6.26. The molecule has 0 aliphatic rings. The second-order valence-electron chi connectivity index (χ2n) is 4.56. The summed E-state index contributed by atoms with van der Waals surface area (Å²) in [7, 11) is 0. The summed E-state index contributed by atoms with van der Waals surface area (Å²) < 4.78 is 13.7. The molecule has 0 saturated heterocycles. The monoisotopic (exact) mass is 288 g/mol. The molecule has 0 spiro atoms. The van der Waals surface area contributed by atoms with Gasteiger partial charge in [0.2, 0.25) is 0 Å². The number of nitro groups is 1. The number of nitrogens with zero attached hydrogens (tertiary/aromatic N) is 1. The Balaban J connectivity index is 2.20. The fraction of sp³-hybridized carbons (Fsp3) is 0.133. The molecule has 1 unspecified atom stereocenters. The van der Waals surface area contributed by atoms with Crippen molar-refractivity contribution in [3.05, 3.63) is 75.6 Å². The van der Waals surface area contributed by atoms with Gasteiger partial charge in [-0.15, -0.1) is 0 Å². The fourth-order valence-corrected chi connectivity index (χ4v) is 1.98. The van der Waals surface area contributed by atoms with E-state index < -0.39 is 16.8 Å². The summed E-state index contributed by atoms with van der Waals surface area (Å²) in [6.07, 6.45) is -0.123. The molecule has 0 heterocycles. The highest BCUT2D eigenvalue weighted by Crippen LogP contribution is 2.24. The van der Waals surface area contributed by atoms with Crippen LogP contribution in [-0.2, 0) is 0 Å². The van der Waals surface area contributed by atoms with E-state index in [0.717, 1.165) is 18.2 Å². The average molecular weight is 288 g/mol. The number of nitrogens with two attached hydrogens (primary N) is 1. The predicted octanol–water partition coefficient (Wildman–Crippen LogP) is 3.01. The lowest BCUT2D eigenvalue weighted by molar-refractivity contribution is -0.385. The van der Waals surface area contributed by atoms with Crippen molar-refractivity contribution in [3.8, 4) is 0 Å². The highest BCUT2D eigenvalue weighted by molar-refractivity contribution is 5.96. The molecule has 0 aliphatic heterocycles. The van der Waals surface area contributed by atoms with Crippen molar-refractivity contribution < 1.29 is 14.1 Å². The van der Waals surface area contributed by atoms with E-state index in [-0.39, 0.29) is 23.5 Å². The first kappa shape index (κ1) is 14.8. The van der Waals surface area contributed by atoms with E-state index in [1.54, 1.807) is 30.3 Å². The van der Waals surface area contributed by atoms with Crippen LogP contribution >= 0.6 is 0 Å². The zero-order chi connectivity index (χ0) is 15.4. The van der Waals surface area contributed by atoms with Crippen LogP contribution in [-0.4, -0.2) is 10.7 Å². The molecule has 6 heteroatoms. The van der Waals surface area contributed by atoms with Gasteiger partial charge in [0, 0.05) is 35.7 Å². The summed E-state index contributed by atoms with van der Waals surface area (Å²) in [5, 5.41) is 10.7. The predicted molar refractivity (Wildman–Crippen MR) is 75.4 cm³/mol. The molecule has 0 aliphatic carbocycles. The van der Waals surface area contributed by atoms with Gasteiger partial charge in [0.05, 0.1) is 4.92 Å². The quantitative estimate of drug-likeness (QED) is 0.520. The number of hydrogen-bond donors (Lipinski definition) is 1. The molecule has 0 radical (unpaired) electrons. The minimum absolute atomic E-state index is 0.0338. The largest absolute Gasteiger partial charge is 0.323 e. The molecule has 0 bridgehead atoms. The molecule has 21 heavy (non-hydrogen) atoms. The standard InChI is InChI=1S/C15H13FN2O3/c16-13-7-6-11(18(20)21)8-12(13)14(17)9-15(19)10-4-2-1-3-5-10/h1-8,14H,9,17H2. The molecule has 108 valence electrons. The highest BCUT2D eigenvalue weighted by atomic mass is 19.1. The summed E-state index contributed by atoms with van der Waals surface area (Å²) >= 11 is 0. The van der Waals surface area contributed by atoms with E-state index in [9.17, 15) is 19.3 Å². The molecule has 2 aromatic carbocycles. The summed E-state index contributed by atoms with van der Waals surface area (Å²) in [6.45, 7) is 0. The molecule has 0 aromatic heterocycles. The Hall–Kier alpha value is -2.60. The Morgan fingerprint density at radius 3 is 2.52 bits per heavy atom. The summed E-state index contributed by atoms with van der Waals surface area (Å²) in [6, 6.07) is 10.7. The van der Waals surface area contributed by atoms with Gasteiger partial charge < -0.3 is 5.73 Å². The second-order valence-corrected chi connectivity index (χ2v) is 4.56. The van der Waals surface area contributed by atoms with Crippen LogP contribution in [0.15, 0.2) is 48.5 Å². The van der Waals surface area contributed by atoms with Crippen LogP contribution < -0.4 is 5.73 Å². The number of benzene rings is 2. The van der Waals surface area contributed by atoms with Crippen molar-refractivity contribution >= 4 is 11.5 Å². The minimum Gasteiger partial charge on any atom is -0.323 e. The van der Waals surface area contributed by atoms with E-state index in [4.69, 9.17) is 5.73 Å². The van der Waals surface area contributed by atoms with Gasteiger partial charge in [-0.2, -0.15) is 0 Å². The van der Waals surface area contributed by atoms with Crippen LogP contribution in [0.25, 0.3) is 0 Å². The zero-order valence-corrected chi connectivity index (χ0v) is 11.0. The number of ketones is 1. The Bertz CT molecular complexity index is 674. The lowest BCUT2D eigenvalue weighted by Crippen LogP contribution is -2.17. The van der Waals surface area contributed by atoms with Gasteiger partial charge >= 0.3 is 0 Å². The Morgan fingerprint density at radius 2 is 1.90 bits per heavy atom. The first-order valence-electron chi connectivity index (χ1n) is 6.26. The maximum absolute atomic E-state index is 13.7. The van der Waals surface area contributed by atoms with Gasteiger partial charge in [-0.25, -0.2) is 4.39 Å². The SMILES string of the molecule is NC(CC(=O)c1ccccc1)c1cc([N+](=O)[O-])ccc1F. The van der Waals surface area contributed by atoms with E-state index in [1.807, 2.05) is 0 Å². The van der Waals surface area contributed by atoms with E-state index in [1.165, 1.54) is 0 Å². The number of carbonyl (C=O) groups is 1. The highest BCUT2D eigenvalue weighted by Gasteiger charge is 2.19. The summed E-state index contributed by atoms with van der Waals surface area (Å²) in [5.74, 6) is -0.900. The van der Waals surface area contributed by atoms with Crippen molar-refractivity contribution in [2.75, 3.05) is 0 Å². The first-order chi connectivity index (χ1) is 9.99. The molecule has 5 nitrogen and oxygen atoms in total. The van der Waals surface area contributed by atoms with E-state index >= 15 is 0 Å². The van der Waals surface area contributed by atoms with Gasteiger partial charge in [0.25, 0.3) is 5.69 Å². The molecule has 1 atom stereocenters. The van der Waals surface area contributed by atoms with Crippen molar-refractivity contribution in [2.24, 2.45) is 5.73 Å². The Labute approximate surface area is 120 Å². The molecule has 2 rings (SSSR count).